The van der Waals surface area contributed by atoms with Crippen molar-refractivity contribution in [3.63, 3.8) is 0 Å². The van der Waals surface area contributed by atoms with Gasteiger partial charge in [-0.15, -0.1) is 18.3 Å². The third kappa shape index (κ3) is 2.16. The average molecular weight is 185 g/mol. The summed E-state index contributed by atoms with van der Waals surface area (Å²) < 4.78 is 0. The van der Waals surface area contributed by atoms with E-state index in [1.165, 1.54) is 11.8 Å². The number of azo groups is 1. The molecule has 0 saturated carbocycles. The third-order valence-corrected chi connectivity index (χ3v) is 2.13. The first kappa shape index (κ1) is 8.92. The second-order valence-electron chi connectivity index (χ2n) is 1.98. The molecule has 6 heteroatoms. The van der Waals surface area contributed by atoms with E-state index in [4.69, 9.17) is 0 Å². The normalized spacial score (nSPS) is 22.2. The Morgan fingerprint density at radius 1 is 1.67 bits per heavy atom. The molecule has 1 aliphatic heterocycles. The number of carbonyl (C=O) groups is 2. The van der Waals surface area contributed by atoms with Gasteiger partial charge >= 0.3 is 6.03 Å². The van der Waals surface area contributed by atoms with E-state index >= 15 is 0 Å². The van der Waals surface area contributed by atoms with Crippen molar-refractivity contribution in [3.05, 3.63) is 12.7 Å². The number of hydrogen-bond acceptors (Lipinski definition) is 4. The van der Waals surface area contributed by atoms with Gasteiger partial charge in [-0.1, -0.05) is 11.2 Å². The Morgan fingerprint density at radius 2 is 2.42 bits per heavy atom. The molecular weight excluding hydrogens is 178 g/mol. The quantitative estimate of drug-likeness (QED) is 0.665. The molecule has 0 bridgehead atoms. The molecule has 1 aliphatic rings. The molecular formula is C6H7N3O2S. The van der Waals surface area contributed by atoms with E-state index in [0.29, 0.717) is 5.75 Å². The van der Waals surface area contributed by atoms with Crippen molar-refractivity contribution in [2.75, 3.05) is 5.75 Å². The number of nitrogens with zero attached hydrogens (tertiary/aromatic N) is 2. The van der Waals surface area contributed by atoms with Gasteiger partial charge in [-0.05, 0) is 0 Å². The molecule has 1 heterocycles. The fourth-order valence-electron chi connectivity index (χ4n) is 0.618. The van der Waals surface area contributed by atoms with Gasteiger partial charge in [0.25, 0.3) is 5.91 Å². The van der Waals surface area contributed by atoms with Crippen molar-refractivity contribution >= 4 is 23.7 Å². The second kappa shape index (κ2) is 4.01. The summed E-state index contributed by atoms with van der Waals surface area (Å²) in [5.41, 5.74) is 0. The van der Waals surface area contributed by atoms with E-state index in [1.54, 1.807) is 6.08 Å². The first-order chi connectivity index (χ1) is 5.74. The van der Waals surface area contributed by atoms with Crippen LogP contribution in [0.15, 0.2) is 22.9 Å². The van der Waals surface area contributed by atoms with Gasteiger partial charge in [0.15, 0.2) is 5.37 Å². The van der Waals surface area contributed by atoms with Crippen LogP contribution in [0.1, 0.15) is 0 Å². The molecule has 1 rings (SSSR count). The second-order valence-corrected chi connectivity index (χ2v) is 3.10. The number of hydrogen-bond donors (Lipinski definition) is 1. The fraction of sp³-hybridized carbons (Fsp3) is 0.333. The molecule has 3 amide bonds. The Kier molecular flexibility index (Phi) is 2.98. The fourth-order valence-corrected chi connectivity index (χ4v) is 1.26. The SMILES string of the molecule is C=CCSC1N=NC(=O)NC1=O. The van der Waals surface area contributed by atoms with Crippen LogP contribution in [0.2, 0.25) is 0 Å². The van der Waals surface area contributed by atoms with Crippen molar-refractivity contribution in [2.24, 2.45) is 10.2 Å². The maximum atomic E-state index is 11.0. The Balaban J connectivity index is 2.54. The summed E-state index contributed by atoms with van der Waals surface area (Å²) in [6.45, 7) is 3.49. The Labute approximate surface area is 73.3 Å². The van der Waals surface area contributed by atoms with Crippen LogP contribution in [0.3, 0.4) is 0 Å². The number of imide groups is 1. The number of urea groups is 1. The van der Waals surface area contributed by atoms with Gasteiger partial charge in [0.05, 0.1) is 0 Å². The Morgan fingerprint density at radius 3 is 3.00 bits per heavy atom. The maximum absolute atomic E-state index is 11.0. The van der Waals surface area contributed by atoms with Gasteiger partial charge in [0.2, 0.25) is 0 Å². The molecule has 0 fully saturated rings. The summed E-state index contributed by atoms with van der Waals surface area (Å²) in [7, 11) is 0. The van der Waals surface area contributed by atoms with E-state index in [2.05, 4.69) is 16.8 Å². The Hall–Kier alpha value is -1.17. The number of rotatable bonds is 3. The molecule has 0 aromatic rings. The molecule has 0 radical (unpaired) electrons. The zero-order valence-electron chi connectivity index (χ0n) is 6.19. The summed E-state index contributed by atoms with van der Waals surface area (Å²) in [6.07, 6.45) is 1.66. The Bertz CT molecular complexity index is 251. The lowest BCUT2D eigenvalue weighted by Crippen LogP contribution is -2.38. The predicted molar refractivity (Wildman–Crippen MR) is 44.8 cm³/mol. The van der Waals surface area contributed by atoms with Crippen LogP contribution >= 0.6 is 11.8 Å². The van der Waals surface area contributed by atoms with Gasteiger partial charge in [0, 0.05) is 5.75 Å². The number of carbonyl (C=O) groups excluding carboxylic acids is 2. The number of thioether (sulfide) groups is 1. The highest BCUT2D eigenvalue weighted by Gasteiger charge is 2.24. The van der Waals surface area contributed by atoms with Gasteiger partial charge in [-0.3, -0.25) is 10.1 Å². The third-order valence-electron chi connectivity index (χ3n) is 1.08. The highest BCUT2D eigenvalue weighted by molar-refractivity contribution is 8.00. The van der Waals surface area contributed by atoms with Crippen LogP contribution in [0.5, 0.6) is 0 Å². The summed E-state index contributed by atoms with van der Waals surface area (Å²) in [4.78, 5) is 21.4. The van der Waals surface area contributed by atoms with E-state index in [-0.39, 0.29) is 0 Å². The molecule has 5 nitrogen and oxygen atoms in total. The standard InChI is InChI=1S/C6H7N3O2S/c1-2-3-12-5-4(10)7-6(11)9-8-5/h2,5H,1,3H2,(H,7,10,11). The zero-order valence-corrected chi connectivity index (χ0v) is 7.00. The molecule has 1 N–H and O–H groups in total. The highest BCUT2D eigenvalue weighted by Crippen LogP contribution is 2.15. The minimum absolute atomic E-state index is 0.415. The minimum atomic E-state index is -0.699. The van der Waals surface area contributed by atoms with E-state index < -0.39 is 17.3 Å². The average Bonchev–Trinajstić information content (AvgIpc) is 2.03. The molecule has 64 valence electrons. The highest BCUT2D eigenvalue weighted by atomic mass is 32.2. The predicted octanol–water partition coefficient (Wildman–Crippen LogP) is 0.934. The molecule has 1 unspecified atom stereocenters. The van der Waals surface area contributed by atoms with Crippen molar-refractivity contribution < 1.29 is 9.59 Å². The van der Waals surface area contributed by atoms with Crippen LogP contribution < -0.4 is 5.32 Å². The lowest BCUT2D eigenvalue weighted by molar-refractivity contribution is -0.119. The number of nitrogens with one attached hydrogen (secondary N) is 1. The largest absolute Gasteiger partial charge is 0.366 e. The molecule has 1 atom stereocenters. The summed E-state index contributed by atoms with van der Waals surface area (Å²) in [5, 5.41) is 8.16. The summed E-state index contributed by atoms with van der Waals surface area (Å²) >= 11 is 1.26. The lowest BCUT2D eigenvalue weighted by Gasteiger charge is -2.11. The molecule has 0 spiro atoms. The van der Waals surface area contributed by atoms with Crippen LogP contribution in [0.4, 0.5) is 4.79 Å². The smallest absolute Gasteiger partial charge is 0.272 e. The molecule has 12 heavy (non-hydrogen) atoms. The van der Waals surface area contributed by atoms with Crippen LogP contribution in [0, 0.1) is 0 Å². The zero-order chi connectivity index (χ0) is 8.97. The topological polar surface area (TPSA) is 70.9 Å². The summed E-state index contributed by atoms with van der Waals surface area (Å²) in [6, 6.07) is -0.699. The van der Waals surface area contributed by atoms with Gasteiger partial charge < -0.3 is 0 Å². The van der Waals surface area contributed by atoms with Crippen molar-refractivity contribution in [2.45, 2.75) is 5.37 Å². The van der Waals surface area contributed by atoms with Crippen LogP contribution in [0.25, 0.3) is 0 Å². The van der Waals surface area contributed by atoms with Gasteiger partial charge in [0.1, 0.15) is 0 Å². The summed E-state index contributed by atoms with van der Waals surface area (Å²) in [5.74, 6) is 0.188. The van der Waals surface area contributed by atoms with Gasteiger partial charge in [-0.2, -0.15) is 5.11 Å². The lowest BCUT2D eigenvalue weighted by atomic mass is 10.6. The van der Waals surface area contributed by atoms with Crippen molar-refractivity contribution in [1.29, 1.82) is 0 Å². The molecule has 0 saturated heterocycles. The first-order valence-electron chi connectivity index (χ1n) is 3.22. The monoisotopic (exact) mass is 185 g/mol. The molecule has 0 aromatic heterocycles. The van der Waals surface area contributed by atoms with Crippen LogP contribution in [-0.4, -0.2) is 23.1 Å². The molecule has 0 aromatic carbocycles. The first-order valence-corrected chi connectivity index (χ1v) is 4.27. The van der Waals surface area contributed by atoms with Crippen molar-refractivity contribution in [1.82, 2.24) is 5.32 Å². The van der Waals surface area contributed by atoms with Crippen molar-refractivity contribution in [3.8, 4) is 0 Å². The minimum Gasteiger partial charge on any atom is -0.272 e. The van der Waals surface area contributed by atoms with Crippen LogP contribution in [-0.2, 0) is 4.79 Å². The van der Waals surface area contributed by atoms with E-state index in [1.807, 2.05) is 5.32 Å². The van der Waals surface area contributed by atoms with E-state index in [9.17, 15) is 9.59 Å². The van der Waals surface area contributed by atoms with Gasteiger partial charge in [-0.25, -0.2) is 4.79 Å². The number of amides is 3. The maximum Gasteiger partial charge on any atom is 0.366 e. The van der Waals surface area contributed by atoms with E-state index in [0.717, 1.165) is 0 Å². The molecule has 0 aliphatic carbocycles.